The number of fused-ring (bicyclic) bond motifs is 1. The highest BCUT2D eigenvalue weighted by Crippen LogP contribution is 2.32. The van der Waals surface area contributed by atoms with E-state index in [0.29, 0.717) is 0 Å². The molecular formula is C11H16N2O. The molecule has 0 saturated carbocycles. The van der Waals surface area contributed by atoms with E-state index in [1.54, 1.807) is 0 Å². The highest BCUT2D eigenvalue weighted by Gasteiger charge is 2.14. The number of nitrogens with zero attached hydrogens (tertiary/aromatic N) is 1. The van der Waals surface area contributed by atoms with Crippen molar-refractivity contribution in [3.05, 3.63) is 18.2 Å². The summed E-state index contributed by atoms with van der Waals surface area (Å²) in [7, 11) is 0. The van der Waals surface area contributed by atoms with E-state index in [2.05, 4.69) is 11.8 Å². The minimum absolute atomic E-state index is 0.799. The summed E-state index contributed by atoms with van der Waals surface area (Å²) in [5.41, 5.74) is 7.70. The molecule has 0 fully saturated rings. The zero-order valence-electron chi connectivity index (χ0n) is 8.49. The monoisotopic (exact) mass is 192 g/mol. The molecule has 3 nitrogen and oxygen atoms in total. The number of nitrogen functional groups attached to an aromatic ring is 1. The summed E-state index contributed by atoms with van der Waals surface area (Å²) in [6.07, 6.45) is 1.07. The van der Waals surface area contributed by atoms with Crippen LogP contribution in [0.5, 0.6) is 5.75 Å². The lowest BCUT2D eigenvalue weighted by molar-refractivity contribution is 0.322. The Morgan fingerprint density at radius 3 is 3.14 bits per heavy atom. The van der Waals surface area contributed by atoms with E-state index in [1.807, 2.05) is 18.2 Å². The number of hydrogen-bond donors (Lipinski definition) is 1. The van der Waals surface area contributed by atoms with Crippen molar-refractivity contribution >= 4 is 11.4 Å². The Balaban J connectivity index is 2.40. The van der Waals surface area contributed by atoms with Crippen LogP contribution in [-0.4, -0.2) is 19.7 Å². The van der Waals surface area contributed by atoms with E-state index in [0.717, 1.165) is 43.2 Å². The Morgan fingerprint density at radius 2 is 2.36 bits per heavy atom. The molecule has 1 aromatic carbocycles. The van der Waals surface area contributed by atoms with Crippen molar-refractivity contribution in [2.45, 2.75) is 13.3 Å². The standard InChI is InChI=1S/C11H16N2O/c1-2-13-6-3-7-14-11-5-4-9(12)8-10(11)13/h4-5,8H,2-3,6-7,12H2,1H3. The average Bonchev–Trinajstić information content (AvgIpc) is 2.39. The van der Waals surface area contributed by atoms with Crippen LogP contribution in [-0.2, 0) is 0 Å². The summed E-state index contributed by atoms with van der Waals surface area (Å²) >= 11 is 0. The van der Waals surface area contributed by atoms with Gasteiger partial charge in [0.1, 0.15) is 5.75 Å². The molecule has 3 heteroatoms. The summed E-state index contributed by atoms with van der Waals surface area (Å²) in [5, 5.41) is 0. The van der Waals surface area contributed by atoms with E-state index in [-0.39, 0.29) is 0 Å². The van der Waals surface area contributed by atoms with E-state index in [9.17, 15) is 0 Å². The second-order valence-electron chi connectivity index (χ2n) is 3.51. The van der Waals surface area contributed by atoms with E-state index in [4.69, 9.17) is 10.5 Å². The topological polar surface area (TPSA) is 38.5 Å². The van der Waals surface area contributed by atoms with Crippen LogP contribution in [0, 0.1) is 0 Å². The van der Waals surface area contributed by atoms with Gasteiger partial charge in [-0.3, -0.25) is 0 Å². The van der Waals surface area contributed by atoms with Gasteiger partial charge in [0.25, 0.3) is 0 Å². The molecule has 0 unspecified atom stereocenters. The van der Waals surface area contributed by atoms with Gasteiger partial charge in [0.15, 0.2) is 0 Å². The Hall–Kier alpha value is -1.38. The van der Waals surface area contributed by atoms with Crippen LogP contribution in [0.25, 0.3) is 0 Å². The molecule has 14 heavy (non-hydrogen) atoms. The van der Waals surface area contributed by atoms with Crippen molar-refractivity contribution in [3.8, 4) is 5.75 Å². The van der Waals surface area contributed by atoms with Crippen molar-refractivity contribution in [2.24, 2.45) is 0 Å². The molecule has 76 valence electrons. The first-order valence-electron chi connectivity index (χ1n) is 5.08. The van der Waals surface area contributed by atoms with Crippen LogP contribution >= 0.6 is 0 Å². The van der Waals surface area contributed by atoms with Gasteiger partial charge < -0.3 is 15.4 Å². The first-order valence-corrected chi connectivity index (χ1v) is 5.08. The number of benzene rings is 1. The molecule has 0 radical (unpaired) electrons. The molecule has 0 spiro atoms. The van der Waals surface area contributed by atoms with Crippen molar-refractivity contribution < 1.29 is 4.74 Å². The van der Waals surface area contributed by atoms with Crippen molar-refractivity contribution in [1.29, 1.82) is 0 Å². The summed E-state index contributed by atoms with van der Waals surface area (Å²) in [6.45, 7) is 5.00. The fraction of sp³-hybridized carbons (Fsp3) is 0.455. The van der Waals surface area contributed by atoms with Gasteiger partial charge in [0.2, 0.25) is 0 Å². The lowest BCUT2D eigenvalue weighted by atomic mass is 10.2. The van der Waals surface area contributed by atoms with Crippen LogP contribution in [0.2, 0.25) is 0 Å². The minimum Gasteiger partial charge on any atom is -0.491 e. The summed E-state index contributed by atoms with van der Waals surface area (Å²) in [5.74, 6) is 0.957. The van der Waals surface area contributed by atoms with E-state index in [1.165, 1.54) is 0 Å². The molecule has 0 aliphatic carbocycles. The van der Waals surface area contributed by atoms with Crippen LogP contribution in [0.3, 0.4) is 0 Å². The molecule has 0 aromatic heterocycles. The summed E-state index contributed by atoms with van der Waals surface area (Å²) in [4.78, 5) is 2.30. The van der Waals surface area contributed by atoms with Crippen LogP contribution < -0.4 is 15.4 Å². The van der Waals surface area contributed by atoms with Gasteiger partial charge in [-0.2, -0.15) is 0 Å². The van der Waals surface area contributed by atoms with Crippen molar-refractivity contribution in [3.63, 3.8) is 0 Å². The zero-order valence-corrected chi connectivity index (χ0v) is 8.49. The predicted octanol–water partition coefficient (Wildman–Crippen LogP) is 1.88. The Bertz CT molecular complexity index is 325. The number of anilines is 2. The van der Waals surface area contributed by atoms with E-state index < -0.39 is 0 Å². The van der Waals surface area contributed by atoms with Crippen LogP contribution in [0.15, 0.2) is 18.2 Å². The minimum atomic E-state index is 0.799. The fourth-order valence-electron chi connectivity index (χ4n) is 1.79. The molecule has 0 bridgehead atoms. The third-order valence-electron chi connectivity index (χ3n) is 2.54. The third kappa shape index (κ3) is 1.62. The van der Waals surface area contributed by atoms with Gasteiger partial charge in [0.05, 0.1) is 12.3 Å². The Kier molecular flexibility index (Phi) is 2.48. The average molecular weight is 192 g/mol. The SMILES string of the molecule is CCN1CCCOc2ccc(N)cc21. The lowest BCUT2D eigenvalue weighted by Gasteiger charge is -2.21. The molecule has 1 aliphatic rings. The summed E-state index contributed by atoms with van der Waals surface area (Å²) in [6, 6.07) is 5.83. The second-order valence-corrected chi connectivity index (χ2v) is 3.51. The van der Waals surface area contributed by atoms with Gasteiger partial charge in [-0.1, -0.05) is 0 Å². The quantitative estimate of drug-likeness (QED) is 0.690. The molecule has 1 aromatic rings. The normalized spacial score (nSPS) is 15.6. The molecular weight excluding hydrogens is 176 g/mol. The predicted molar refractivity (Wildman–Crippen MR) is 58.9 cm³/mol. The third-order valence-corrected chi connectivity index (χ3v) is 2.54. The maximum absolute atomic E-state index is 5.77. The van der Waals surface area contributed by atoms with Gasteiger partial charge in [-0.15, -0.1) is 0 Å². The van der Waals surface area contributed by atoms with Gasteiger partial charge in [0, 0.05) is 18.8 Å². The number of ether oxygens (including phenoxy) is 1. The molecule has 0 amide bonds. The number of hydrogen-bond acceptors (Lipinski definition) is 3. The fourth-order valence-corrected chi connectivity index (χ4v) is 1.79. The number of nitrogens with two attached hydrogens (primary N) is 1. The summed E-state index contributed by atoms with van der Waals surface area (Å²) < 4.78 is 5.64. The molecule has 1 aliphatic heterocycles. The van der Waals surface area contributed by atoms with Crippen LogP contribution in [0.4, 0.5) is 11.4 Å². The first-order chi connectivity index (χ1) is 6.81. The molecule has 0 saturated heterocycles. The van der Waals surface area contributed by atoms with Crippen LogP contribution in [0.1, 0.15) is 13.3 Å². The molecule has 1 heterocycles. The maximum atomic E-state index is 5.77. The molecule has 2 rings (SSSR count). The lowest BCUT2D eigenvalue weighted by Crippen LogP contribution is -2.23. The number of rotatable bonds is 1. The van der Waals surface area contributed by atoms with Crippen molar-refractivity contribution in [1.82, 2.24) is 0 Å². The maximum Gasteiger partial charge on any atom is 0.142 e. The van der Waals surface area contributed by atoms with Gasteiger partial charge in [-0.05, 0) is 31.5 Å². The molecule has 0 atom stereocenters. The highest BCUT2D eigenvalue weighted by molar-refractivity contribution is 5.65. The van der Waals surface area contributed by atoms with Gasteiger partial charge >= 0.3 is 0 Å². The van der Waals surface area contributed by atoms with Gasteiger partial charge in [-0.25, -0.2) is 0 Å². The second kappa shape index (κ2) is 3.78. The largest absolute Gasteiger partial charge is 0.491 e. The zero-order chi connectivity index (χ0) is 9.97. The Labute approximate surface area is 84.5 Å². The first kappa shape index (κ1) is 9.19. The Morgan fingerprint density at radius 1 is 1.50 bits per heavy atom. The highest BCUT2D eigenvalue weighted by atomic mass is 16.5. The molecule has 2 N–H and O–H groups in total. The van der Waals surface area contributed by atoms with E-state index >= 15 is 0 Å². The van der Waals surface area contributed by atoms with Crippen molar-refractivity contribution in [2.75, 3.05) is 30.3 Å². The smallest absolute Gasteiger partial charge is 0.142 e.